The molecule has 4 nitrogen and oxygen atoms in total. The molecular weight excluding hydrogens is 240 g/mol. The Kier molecular flexibility index (Phi) is 4.64. The molecule has 0 fully saturated rings. The highest BCUT2D eigenvalue weighted by Crippen LogP contribution is 2.06. The summed E-state index contributed by atoms with van der Waals surface area (Å²) in [4.78, 5) is 15.9. The van der Waals surface area contributed by atoms with Crippen LogP contribution in [0.3, 0.4) is 0 Å². The second-order valence-corrected chi connectivity index (χ2v) is 4.14. The zero-order chi connectivity index (χ0) is 13.5. The van der Waals surface area contributed by atoms with E-state index >= 15 is 0 Å². The van der Waals surface area contributed by atoms with E-state index < -0.39 is 6.10 Å². The molecule has 98 valence electrons. The molecule has 0 saturated carbocycles. The lowest BCUT2D eigenvalue weighted by molar-refractivity contribution is -0.127. The highest BCUT2D eigenvalue weighted by atomic mass is 16.5. The summed E-state index contributed by atoms with van der Waals surface area (Å²) < 4.78 is 5.52. The van der Waals surface area contributed by atoms with E-state index in [9.17, 15) is 4.79 Å². The molecule has 2 rings (SSSR count). The molecule has 1 amide bonds. The lowest BCUT2D eigenvalue weighted by atomic mass is 10.2. The van der Waals surface area contributed by atoms with E-state index in [1.807, 2.05) is 36.4 Å². The van der Waals surface area contributed by atoms with E-state index in [4.69, 9.17) is 4.74 Å². The van der Waals surface area contributed by atoms with Crippen LogP contribution in [0.2, 0.25) is 0 Å². The number of pyridine rings is 1. The van der Waals surface area contributed by atoms with Gasteiger partial charge in [0.2, 0.25) is 0 Å². The average molecular weight is 256 g/mol. The summed E-state index contributed by atoms with van der Waals surface area (Å²) in [5.74, 6) is 0.331. The van der Waals surface area contributed by atoms with Gasteiger partial charge in [0.15, 0.2) is 0 Å². The van der Waals surface area contributed by atoms with Gasteiger partial charge in [0.05, 0.1) is 6.61 Å². The normalized spacial score (nSPS) is 11.8. The van der Waals surface area contributed by atoms with Gasteiger partial charge < -0.3 is 10.1 Å². The van der Waals surface area contributed by atoms with Crippen molar-refractivity contribution in [3.05, 3.63) is 60.3 Å². The third-order valence-corrected chi connectivity index (χ3v) is 2.63. The van der Waals surface area contributed by atoms with Crippen LogP contribution in [0.4, 0.5) is 5.82 Å². The highest BCUT2D eigenvalue weighted by Gasteiger charge is 2.13. The van der Waals surface area contributed by atoms with E-state index in [0.29, 0.717) is 12.4 Å². The number of rotatable bonds is 5. The molecule has 1 heterocycles. The summed E-state index contributed by atoms with van der Waals surface area (Å²) in [6.45, 7) is 2.14. The maximum Gasteiger partial charge on any atom is 0.254 e. The summed E-state index contributed by atoms with van der Waals surface area (Å²) in [7, 11) is 0. The second-order valence-electron chi connectivity index (χ2n) is 4.14. The number of carbonyl (C=O) groups is 1. The minimum absolute atomic E-state index is 0.199. The molecule has 0 aliphatic carbocycles. The molecule has 1 atom stereocenters. The summed E-state index contributed by atoms with van der Waals surface area (Å²) >= 11 is 0. The molecule has 0 radical (unpaired) electrons. The Hall–Kier alpha value is -2.20. The van der Waals surface area contributed by atoms with Crippen molar-refractivity contribution >= 4 is 11.7 Å². The number of benzene rings is 1. The number of nitrogens with one attached hydrogen (secondary N) is 1. The lowest BCUT2D eigenvalue weighted by Crippen LogP contribution is -2.27. The standard InChI is InChI=1S/C15H16N2O2/c1-12(19-11-13-7-3-2-4-8-13)15(18)17-14-9-5-6-10-16-14/h2-10,12H,11H2,1H3,(H,16,17,18)/t12-/m1/s1. The van der Waals surface area contributed by atoms with Crippen molar-refractivity contribution in [3.63, 3.8) is 0 Å². The van der Waals surface area contributed by atoms with Gasteiger partial charge in [-0.05, 0) is 24.6 Å². The number of ether oxygens (including phenoxy) is 1. The molecule has 2 aromatic rings. The van der Waals surface area contributed by atoms with Crippen molar-refractivity contribution in [1.82, 2.24) is 4.98 Å². The minimum atomic E-state index is -0.526. The zero-order valence-corrected chi connectivity index (χ0v) is 10.7. The van der Waals surface area contributed by atoms with E-state index in [1.54, 1.807) is 25.3 Å². The molecule has 1 aromatic heterocycles. The fourth-order valence-corrected chi connectivity index (χ4v) is 1.54. The molecule has 0 unspecified atom stereocenters. The SMILES string of the molecule is C[C@@H](OCc1ccccc1)C(=O)Nc1ccccn1. The number of aromatic nitrogens is 1. The Morgan fingerprint density at radius 2 is 1.95 bits per heavy atom. The molecule has 1 aromatic carbocycles. The molecular formula is C15H16N2O2. The van der Waals surface area contributed by atoms with Crippen LogP contribution in [-0.2, 0) is 16.1 Å². The van der Waals surface area contributed by atoms with Gasteiger partial charge in [-0.15, -0.1) is 0 Å². The average Bonchev–Trinajstić information content (AvgIpc) is 2.47. The molecule has 0 bridgehead atoms. The number of nitrogens with zero attached hydrogens (tertiary/aromatic N) is 1. The summed E-state index contributed by atoms with van der Waals surface area (Å²) in [5.41, 5.74) is 1.04. The van der Waals surface area contributed by atoms with Gasteiger partial charge >= 0.3 is 0 Å². The van der Waals surface area contributed by atoms with Crippen LogP contribution in [-0.4, -0.2) is 17.0 Å². The topological polar surface area (TPSA) is 51.2 Å². The van der Waals surface area contributed by atoms with Gasteiger partial charge in [-0.25, -0.2) is 4.98 Å². The second kappa shape index (κ2) is 6.66. The molecule has 0 aliphatic heterocycles. The summed E-state index contributed by atoms with van der Waals surface area (Å²) in [6, 6.07) is 15.1. The van der Waals surface area contributed by atoms with Crippen molar-refractivity contribution in [3.8, 4) is 0 Å². The Balaban J connectivity index is 1.83. The molecule has 0 aliphatic rings. The number of amides is 1. The monoisotopic (exact) mass is 256 g/mol. The third kappa shape index (κ3) is 4.19. The first-order chi connectivity index (χ1) is 9.25. The fraction of sp³-hybridized carbons (Fsp3) is 0.200. The largest absolute Gasteiger partial charge is 0.364 e. The van der Waals surface area contributed by atoms with E-state index in [0.717, 1.165) is 5.56 Å². The minimum Gasteiger partial charge on any atom is -0.364 e. The Bertz CT molecular complexity index is 514. The Morgan fingerprint density at radius 3 is 2.63 bits per heavy atom. The molecule has 19 heavy (non-hydrogen) atoms. The van der Waals surface area contributed by atoms with Crippen molar-refractivity contribution in [1.29, 1.82) is 0 Å². The van der Waals surface area contributed by atoms with Crippen LogP contribution >= 0.6 is 0 Å². The first kappa shape index (κ1) is 13.2. The summed E-state index contributed by atoms with van der Waals surface area (Å²) in [6.07, 6.45) is 1.10. The Morgan fingerprint density at radius 1 is 1.21 bits per heavy atom. The number of hydrogen-bond acceptors (Lipinski definition) is 3. The third-order valence-electron chi connectivity index (χ3n) is 2.63. The van der Waals surface area contributed by atoms with E-state index in [2.05, 4.69) is 10.3 Å². The molecule has 1 N–H and O–H groups in total. The van der Waals surface area contributed by atoms with Crippen molar-refractivity contribution in [2.45, 2.75) is 19.6 Å². The number of anilines is 1. The first-order valence-corrected chi connectivity index (χ1v) is 6.13. The smallest absolute Gasteiger partial charge is 0.254 e. The van der Waals surface area contributed by atoms with Crippen molar-refractivity contribution in [2.24, 2.45) is 0 Å². The maximum absolute atomic E-state index is 11.9. The van der Waals surface area contributed by atoms with Gasteiger partial charge in [-0.1, -0.05) is 36.4 Å². The quantitative estimate of drug-likeness (QED) is 0.894. The lowest BCUT2D eigenvalue weighted by Gasteiger charge is -2.12. The predicted octanol–water partition coefficient (Wildman–Crippen LogP) is 2.63. The number of hydrogen-bond donors (Lipinski definition) is 1. The number of carbonyl (C=O) groups excluding carboxylic acids is 1. The van der Waals surface area contributed by atoms with Gasteiger partial charge in [0.1, 0.15) is 11.9 Å². The van der Waals surface area contributed by atoms with Crippen LogP contribution < -0.4 is 5.32 Å². The molecule has 0 spiro atoms. The summed E-state index contributed by atoms with van der Waals surface area (Å²) in [5, 5.41) is 2.70. The van der Waals surface area contributed by atoms with Crippen LogP contribution in [0.25, 0.3) is 0 Å². The van der Waals surface area contributed by atoms with Crippen LogP contribution in [0.15, 0.2) is 54.7 Å². The van der Waals surface area contributed by atoms with Crippen LogP contribution in [0.5, 0.6) is 0 Å². The predicted molar refractivity (Wildman–Crippen MR) is 73.6 cm³/mol. The van der Waals surface area contributed by atoms with E-state index in [-0.39, 0.29) is 5.91 Å². The van der Waals surface area contributed by atoms with Crippen LogP contribution in [0, 0.1) is 0 Å². The fourth-order valence-electron chi connectivity index (χ4n) is 1.54. The van der Waals surface area contributed by atoms with Gasteiger partial charge in [0.25, 0.3) is 5.91 Å². The molecule has 4 heteroatoms. The van der Waals surface area contributed by atoms with Gasteiger partial charge in [-0.3, -0.25) is 4.79 Å². The van der Waals surface area contributed by atoms with Gasteiger partial charge in [0, 0.05) is 6.20 Å². The zero-order valence-electron chi connectivity index (χ0n) is 10.7. The van der Waals surface area contributed by atoms with Crippen molar-refractivity contribution in [2.75, 3.05) is 5.32 Å². The van der Waals surface area contributed by atoms with Crippen molar-refractivity contribution < 1.29 is 9.53 Å². The van der Waals surface area contributed by atoms with Crippen LogP contribution in [0.1, 0.15) is 12.5 Å². The first-order valence-electron chi connectivity index (χ1n) is 6.13. The van der Waals surface area contributed by atoms with E-state index in [1.165, 1.54) is 0 Å². The van der Waals surface area contributed by atoms with Gasteiger partial charge in [-0.2, -0.15) is 0 Å². The highest BCUT2D eigenvalue weighted by molar-refractivity contribution is 5.92. The molecule has 0 saturated heterocycles. The maximum atomic E-state index is 11.9. The Labute approximate surface area is 112 Å².